The first-order chi connectivity index (χ1) is 7.72. The summed E-state index contributed by atoms with van der Waals surface area (Å²) in [6.45, 7) is 2.44. The summed E-state index contributed by atoms with van der Waals surface area (Å²) in [5.41, 5.74) is 6.04. The van der Waals surface area contributed by atoms with Crippen molar-refractivity contribution < 1.29 is 9.47 Å². The molecule has 2 aliphatic rings. The number of fused-ring (bicyclic) bond motifs is 1. The minimum Gasteiger partial charge on any atom is -0.453 e. The van der Waals surface area contributed by atoms with Crippen LogP contribution in [0.3, 0.4) is 0 Å². The van der Waals surface area contributed by atoms with Gasteiger partial charge >= 0.3 is 0 Å². The molecule has 0 aromatic carbocycles. The molecule has 88 valence electrons. The molecule has 1 aromatic rings. The molecule has 0 amide bonds. The lowest BCUT2D eigenvalue weighted by atomic mass is 9.94. The van der Waals surface area contributed by atoms with E-state index in [-0.39, 0.29) is 6.04 Å². The van der Waals surface area contributed by atoms with Gasteiger partial charge in [-0.2, -0.15) is 0 Å². The molecule has 1 fully saturated rings. The van der Waals surface area contributed by atoms with Gasteiger partial charge in [-0.15, -0.1) is 0 Å². The third kappa shape index (κ3) is 1.79. The quantitative estimate of drug-likeness (QED) is 0.802. The summed E-state index contributed by atoms with van der Waals surface area (Å²) in [5, 5.41) is 0.928. The van der Waals surface area contributed by atoms with Crippen molar-refractivity contribution in [1.29, 1.82) is 0 Å². The van der Waals surface area contributed by atoms with Crippen molar-refractivity contribution in [3.05, 3.63) is 10.9 Å². The Bertz CT molecular complexity index is 362. The molecule has 0 bridgehead atoms. The number of thiophene rings is 1. The van der Waals surface area contributed by atoms with E-state index in [9.17, 15) is 0 Å². The average Bonchev–Trinajstić information content (AvgIpc) is 2.74. The molecule has 0 aliphatic carbocycles. The highest BCUT2D eigenvalue weighted by Crippen LogP contribution is 2.44. The Kier molecular flexibility index (Phi) is 2.53. The van der Waals surface area contributed by atoms with Crippen molar-refractivity contribution in [3.63, 3.8) is 0 Å². The largest absolute Gasteiger partial charge is 0.453 e. The van der Waals surface area contributed by atoms with Gasteiger partial charge in [-0.3, -0.25) is 0 Å². The van der Waals surface area contributed by atoms with Crippen molar-refractivity contribution in [2.75, 3.05) is 26.9 Å². The molecule has 3 heterocycles. The molecule has 16 heavy (non-hydrogen) atoms. The number of rotatable bonds is 1. The van der Waals surface area contributed by atoms with E-state index in [4.69, 9.17) is 15.2 Å². The molecule has 2 unspecified atom stereocenters. The summed E-state index contributed by atoms with van der Waals surface area (Å²) >= 11 is 1.70. The van der Waals surface area contributed by atoms with Gasteiger partial charge in [0.15, 0.2) is 5.75 Å². The maximum atomic E-state index is 6.04. The third-order valence-corrected chi connectivity index (χ3v) is 4.35. The predicted octanol–water partition coefficient (Wildman–Crippen LogP) is 1.22. The molecule has 2 N–H and O–H groups in total. The van der Waals surface area contributed by atoms with E-state index in [1.54, 1.807) is 11.3 Å². The van der Waals surface area contributed by atoms with Crippen molar-refractivity contribution in [3.8, 4) is 10.8 Å². The summed E-state index contributed by atoms with van der Waals surface area (Å²) < 4.78 is 10.7. The number of likely N-dealkylation sites (tertiary alicyclic amines) is 1. The summed E-state index contributed by atoms with van der Waals surface area (Å²) in [4.78, 5) is 3.64. The minimum absolute atomic E-state index is 0.280. The number of hydrogen-bond donors (Lipinski definition) is 1. The second kappa shape index (κ2) is 3.91. The Labute approximate surface area is 98.9 Å². The van der Waals surface area contributed by atoms with Crippen LogP contribution in [0.15, 0.2) is 6.07 Å². The molecule has 3 rings (SSSR count). The first-order valence-corrected chi connectivity index (χ1v) is 6.37. The Morgan fingerprint density at radius 3 is 3.06 bits per heavy atom. The van der Waals surface area contributed by atoms with Crippen LogP contribution >= 0.6 is 11.3 Å². The van der Waals surface area contributed by atoms with Crippen LogP contribution in [-0.4, -0.2) is 37.9 Å². The van der Waals surface area contributed by atoms with Crippen molar-refractivity contribution in [2.45, 2.75) is 18.4 Å². The van der Waals surface area contributed by atoms with E-state index in [2.05, 4.69) is 18.0 Å². The maximum absolute atomic E-state index is 6.04. The molecular formula is C11H16N2O2S. The zero-order chi connectivity index (χ0) is 11.1. The second-order valence-corrected chi connectivity index (χ2v) is 5.67. The number of nitrogens with zero attached hydrogens (tertiary/aromatic N) is 1. The normalized spacial score (nSPS) is 29.6. The van der Waals surface area contributed by atoms with Gasteiger partial charge in [0.05, 0.1) is 0 Å². The summed E-state index contributed by atoms with van der Waals surface area (Å²) in [6.07, 6.45) is 1.06. The van der Waals surface area contributed by atoms with Crippen molar-refractivity contribution >= 4 is 11.3 Å². The average molecular weight is 240 g/mol. The molecule has 0 spiro atoms. The number of likely N-dealkylation sites (N-methyl/N-ethyl adjacent to an activating group) is 1. The summed E-state index contributed by atoms with van der Waals surface area (Å²) in [7, 11) is 2.13. The Balaban J connectivity index is 1.80. The Morgan fingerprint density at radius 1 is 1.44 bits per heavy atom. The molecule has 2 aliphatic heterocycles. The fourth-order valence-electron chi connectivity index (χ4n) is 2.50. The number of piperidine rings is 1. The smallest absolute Gasteiger partial charge is 0.232 e. The van der Waals surface area contributed by atoms with Crippen molar-refractivity contribution in [2.24, 2.45) is 5.73 Å². The molecule has 4 nitrogen and oxygen atoms in total. The van der Waals surface area contributed by atoms with E-state index in [0.717, 1.165) is 30.3 Å². The van der Waals surface area contributed by atoms with Gasteiger partial charge in [-0.05, 0) is 19.5 Å². The topological polar surface area (TPSA) is 47.7 Å². The van der Waals surface area contributed by atoms with Gasteiger partial charge in [-0.25, -0.2) is 0 Å². The number of nitrogens with two attached hydrogens (primary N) is 1. The molecule has 2 atom stereocenters. The van der Waals surface area contributed by atoms with E-state index >= 15 is 0 Å². The predicted molar refractivity (Wildman–Crippen MR) is 63.3 cm³/mol. The fourth-order valence-corrected chi connectivity index (χ4v) is 3.54. The van der Waals surface area contributed by atoms with Crippen LogP contribution in [-0.2, 0) is 0 Å². The zero-order valence-electron chi connectivity index (χ0n) is 9.31. The van der Waals surface area contributed by atoms with Crippen LogP contribution < -0.4 is 15.2 Å². The van der Waals surface area contributed by atoms with Crippen LogP contribution in [0.1, 0.15) is 17.2 Å². The van der Waals surface area contributed by atoms with Gasteiger partial charge in [-0.1, -0.05) is 11.3 Å². The third-order valence-electron chi connectivity index (χ3n) is 3.16. The summed E-state index contributed by atoms with van der Waals surface area (Å²) in [5.74, 6) is 1.43. The monoisotopic (exact) mass is 240 g/mol. The second-order valence-electron chi connectivity index (χ2n) is 4.62. The SMILES string of the molecule is CN1CC(N)CC(c2cc3c(s2)OCO3)C1. The van der Waals surface area contributed by atoms with E-state index in [1.807, 2.05) is 0 Å². The van der Waals surface area contributed by atoms with Crippen LogP contribution in [0.25, 0.3) is 0 Å². The minimum atomic E-state index is 0.280. The van der Waals surface area contributed by atoms with Crippen LogP contribution in [0.2, 0.25) is 0 Å². The van der Waals surface area contributed by atoms with Gasteiger partial charge < -0.3 is 20.1 Å². The molecule has 1 saturated heterocycles. The first-order valence-electron chi connectivity index (χ1n) is 5.56. The van der Waals surface area contributed by atoms with Crippen LogP contribution in [0.5, 0.6) is 10.8 Å². The molecular weight excluding hydrogens is 224 g/mol. The lowest BCUT2D eigenvalue weighted by Gasteiger charge is -2.33. The number of ether oxygens (including phenoxy) is 2. The van der Waals surface area contributed by atoms with Crippen molar-refractivity contribution in [1.82, 2.24) is 4.90 Å². The van der Waals surface area contributed by atoms with Crippen LogP contribution in [0.4, 0.5) is 0 Å². The van der Waals surface area contributed by atoms with Gasteiger partial charge in [0.2, 0.25) is 11.9 Å². The van der Waals surface area contributed by atoms with Gasteiger partial charge in [0, 0.05) is 29.9 Å². The lowest BCUT2D eigenvalue weighted by molar-refractivity contribution is 0.175. The van der Waals surface area contributed by atoms with E-state index in [0.29, 0.717) is 12.7 Å². The van der Waals surface area contributed by atoms with Gasteiger partial charge in [0.1, 0.15) is 0 Å². The highest BCUT2D eigenvalue weighted by Gasteiger charge is 2.28. The van der Waals surface area contributed by atoms with Crippen LogP contribution in [0, 0.1) is 0 Å². The highest BCUT2D eigenvalue weighted by atomic mass is 32.1. The maximum Gasteiger partial charge on any atom is 0.232 e. The first kappa shape index (κ1) is 10.4. The highest BCUT2D eigenvalue weighted by molar-refractivity contribution is 7.14. The lowest BCUT2D eigenvalue weighted by Crippen LogP contribution is -2.43. The van der Waals surface area contributed by atoms with Gasteiger partial charge in [0.25, 0.3) is 0 Å². The number of hydrogen-bond acceptors (Lipinski definition) is 5. The standard InChI is InChI=1S/C11H16N2O2S/c1-13-4-7(2-8(12)5-13)10-3-9-11(16-10)15-6-14-9/h3,7-8H,2,4-6,12H2,1H3. The molecule has 5 heteroatoms. The summed E-state index contributed by atoms with van der Waals surface area (Å²) in [6, 6.07) is 2.39. The van der Waals surface area contributed by atoms with E-state index < -0.39 is 0 Å². The zero-order valence-corrected chi connectivity index (χ0v) is 10.1. The molecule has 1 aromatic heterocycles. The fraction of sp³-hybridized carbons (Fsp3) is 0.636. The Hall–Kier alpha value is -0.780. The van der Waals surface area contributed by atoms with E-state index in [1.165, 1.54) is 4.88 Å². The molecule has 0 saturated carbocycles. The molecule has 0 radical (unpaired) electrons. The Morgan fingerprint density at radius 2 is 2.31 bits per heavy atom.